The molecule has 0 amide bonds. The highest BCUT2D eigenvalue weighted by atomic mass is 16.7. The highest BCUT2D eigenvalue weighted by molar-refractivity contribution is 5.75. The molecule has 0 aromatic rings. The van der Waals surface area contributed by atoms with Crippen molar-refractivity contribution in [3.63, 3.8) is 0 Å². The zero-order valence-electron chi connectivity index (χ0n) is 7.34. The van der Waals surface area contributed by atoms with Crippen LogP contribution >= 0.6 is 0 Å². The summed E-state index contributed by atoms with van der Waals surface area (Å²) >= 11 is 0. The third-order valence-electron chi connectivity index (χ3n) is 1.70. The summed E-state index contributed by atoms with van der Waals surface area (Å²) in [6.45, 7) is 3.45. The summed E-state index contributed by atoms with van der Waals surface area (Å²) in [5.41, 5.74) is 2.81. The molecule has 0 aromatic carbocycles. The number of rotatable bonds is 6. The van der Waals surface area contributed by atoms with E-state index in [1.807, 2.05) is 0 Å². The van der Waals surface area contributed by atoms with Gasteiger partial charge in [0.25, 0.3) is 0 Å². The number of hydrogen-bond acceptors (Lipinski definition) is 4. The second-order valence-corrected chi connectivity index (χ2v) is 2.87. The second kappa shape index (κ2) is 5.11. The molecule has 1 atom stereocenters. The van der Waals surface area contributed by atoms with Crippen LogP contribution in [-0.4, -0.2) is 25.2 Å². The van der Waals surface area contributed by atoms with Crippen molar-refractivity contribution in [2.75, 3.05) is 13.2 Å². The van der Waals surface area contributed by atoms with Crippen LogP contribution in [0.4, 0.5) is 0 Å². The topological polar surface area (TPSA) is 47.6 Å². The molecule has 0 spiro atoms. The van der Waals surface area contributed by atoms with Gasteiger partial charge in [-0.3, -0.25) is 9.63 Å². The van der Waals surface area contributed by atoms with Crippen LogP contribution in [0.3, 0.4) is 0 Å². The van der Waals surface area contributed by atoms with Crippen LogP contribution < -0.4 is 5.48 Å². The van der Waals surface area contributed by atoms with Crippen molar-refractivity contribution in [2.45, 2.75) is 32.3 Å². The predicted octanol–water partition coefficient (Wildman–Crippen LogP) is 0.623. The first-order valence-corrected chi connectivity index (χ1v) is 4.37. The number of hydrogen-bond donors (Lipinski definition) is 1. The molecule has 0 bridgehead atoms. The number of carbonyl (C=O) groups excluding carboxylic acids is 1. The zero-order chi connectivity index (χ0) is 8.81. The Labute approximate surface area is 72.2 Å². The fourth-order valence-electron chi connectivity index (χ4n) is 0.928. The minimum atomic E-state index is -0.128. The van der Waals surface area contributed by atoms with Crippen LogP contribution in [0.2, 0.25) is 0 Å². The molecule has 0 saturated carbocycles. The summed E-state index contributed by atoms with van der Waals surface area (Å²) < 4.78 is 4.74. The summed E-state index contributed by atoms with van der Waals surface area (Å²) in [6.07, 6.45) is 2.72. The third-order valence-corrected chi connectivity index (χ3v) is 1.70. The first-order valence-electron chi connectivity index (χ1n) is 4.37. The van der Waals surface area contributed by atoms with Gasteiger partial charge < -0.3 is 4.74 Å². The molecule has 1 aliphatic heterocycles. The molecule has 0 radical (unpaired) electrons. The molecular weight excluding hydrogens is 158 g/mol. The maximum Gasteiger partial charge on any atom is 0.310 e. The van der Waals surface area contributed by atoms with Gasteiger partial charge in [-0.2, -0.15) is 0 Å². The molecule has 12 heavy (non-hydrogen) atoms. The lowest BCUT2D eigenvalue weighted by molar-refractivity contribution is -0.177. The number of esters is 1. The maximum atomic E-state index is 10.3. The lowest BCUT2D eigenvalue weighted by atomic mass is 10.2. The van der Waals surface area contributed by atoms with Crippen molar-refractivity contribution >= 4 is 5.97 Å². The molecule has 0 aromatic heterocycles. The van der Waals surface area contributed by atoms with Gasteiger partial charge in [-0.15, -0.1) is 0 Å². The zero-order valence-corrected chi connectivity index (χ0v) is 7.34. The van der Waals surface area contributed by atoms with Crippen molar-refractivity contribution < 1.29 is 14.4 Å². The summed E-state index contributed by atoms with van der Waals surface area (Å²) in [4.78, 5) is 15.4. The molecule has 0 aliphatic carbocycles. The lowest BCUT2D eigenvalue weighted by Gasteiger charge is -2.24. The minimum absolute atomic E-state index is 0.0216. The van der Waals surface area contributed by atoms with Crippen LogP contribution in [0, 0.1) is 0 Å². The van der Waals surface area contributed by atoms with Gasteiger partial charge in [-0.05, 0) is 6.42 Å². The van der Waals surface area contributed by atoms with Gasteiger partial charge in [0.2, 0.25) is 0 Å². The molecule has 1 heterocycles. The lowest BCUT2D eigenvalue weighted by Crippen LogP contribution is -2.38. The van der Waals surface area contributed by atoms with E-state index in [2.05, 4.69) is 12.4 Å². The quantitative estimate of drug-likeness (QED) is 0.363. The van der Waals surface area contributed by atoms with Crippen LogP contribution in [0.25, 0.3) is 0 Å². The van der Waals surface area contributed by atoms with E-state index in [0.29, 0.717) is 13.0 Å². The third kappa shape index (κ3) is 3.19. The number of carbonyl (C=O) groups is 1. The van der Waals surface area contributed by atoms with Gasteiger partial charge in [-0.1, -0.05) is 13.3 Å². The van der Waals surface area contributed by atoms with Crippen molar-refractivity contribution in [1.29, 1.82) is 0 Å². The average Bonchev–Trinajstić information content (AvgIpc) is 2.00. The molecular formula is C8H15NO3. The SMILES string of the molecule is CCCCNOCC1CC(=O)O1. The van der Waals surface area contributed by atoms with Gasteiger partial charge in [0.05, 0.1) is 6.42 Å². The number of hydroxylamine groups is 1. The van der Waals surface area contributed by atoms with Crippen LogP contribution in [-0.2, 0) is 14.4 Å². The summed E-state index contributed by atoms with van der Waals surface area (Å²) in [5.74, 6) is -0.128. The fourth-order valence-corrected chi connectivity index (χ4v) is 0.928. The van der Waals surface area contributed by atoms with Crippen LogP contribution in [0.5, 0.6) is 0 Å². The van der Waals surface area contributed by atoms with Gasteiger partial charge in [-0.25, -0.2) is 5.48 Å². The fraction of sp³-hybridized carbons (Fsp3) is 0.875. The van der Waals surface area contributed by atoms with Gasteiger partial charge >= 0.3 is 5.97 Å². The molecule has 1 aliphatic rings. The van der Waals surface area contributed by atoms with E-state index in [1.54, 1.807) is 0 Å². The van der Waals surface area contributed by atoms with E-state index in [4.69, 9.17) is 9.57 Å². The Bertz CT molecular complexity index is 141. The Morgan fingerprint density at radius 2 is 2.50 bits per heavy atom. The predicted molar refractivity (Wildman–Crippen MR) is 43.4 cm³/mol. The van der Waals surface area contributed by atoms with Gasteiger partial charge in [0.15, 0.2) is 0 Å². The summed E-state index contributed by atoms with van der Waals surface area (Å²) in [7, 11) is 0. The first-order chi connectivity index (χ1) is 5.83. The maximum absolute atomic E-state index is 10.3. The van der Waals surface area contributed by atoms with Crippen LogP contribution in [0.1, 0.15) is 26.2 Å². The smallest absolute Gasteiger partial charge is 0.310 e. The van der Waals surface area contributed by atoms with E-state index >= 15 is 0 Å². The van der Waals surface area contributed by atoms with E-state index in [9.17, 15) is 4.79 Å². The highest BCUT2D eigenvalue weighted by Gasteiger charge is 2.28. The van der Waals surface area contributed by atoms with E-state index in [-0.39, 0.29) is 12.1 Å². The largest absolute Gasteiger partial charge is 0.459 e. The average molecular weight is 173 g/mol. The molecule has 1 rings (SSSR count). The molecule has 1 saturated heterocycles. The monoisotopic (exact) mass is 173 g/mol. The Balaban J connectivity index is 1.80. The molecule has 4 nitrogen and oxygen atoms in total. The number of nitrogens with one attached hydrogen (secondary N) is 1. The molecule has 4 heteroatoms. The standard InChI is InChI=1S/C8H15NO3/c1-2-3-4-9-11-6-7-5-8(10)12-7/h7,9H,2-6H2,1H3. The minimum Gasteiger partial charge on any atom is -0.459 e. The van der Waals surface area contributed by atoms with Crippen molar-refractivity contribution in [2.24, 2.45) is 0 Å². The van der Waals surface area contributed by atoms with Crippen molar-refractivity contribution in [3.8, 4) is 0 Å². The Kier molecular flexibility index (Phi) is 4.04. The Morgan fingerprint density at radius 3 is 3.08 bits per heavy atom. The molecule has 1 fully saturated rings. The first kappa shape index (κ1) is 9.48. The van der Waals surface area contributed by atoms with Crippen molar-refractivity contribution in [1.82, 2.24) is 5.48 Å². The highest BCUT2D eigenvalue weighted by Crippen LogP contribution is 2.12. The van der Waals surface area contributed by atoms with Gasteiger partial charge in [0, 0.05) is 6.54 Å². The molecule has 70 valence electrons. The van der Waals surface area contributed by atoms with Crippen molar-refractivity contribution in [3.05, 3.63) is 0 Å². The second-order valence-electron chi connectivity index (χ2n) is 2.87. The molecule has 1 N–H and O–H groups in total. The van der Waals surface area contributed by atoms with Crippen LogP contribution in [0.15, 0.2) is 0 Å². The Hall–Kier alpha value is -0.610. The molecule has 1 unspecified atom stereocenters. The van der Waals surface area contributed by atoms with Gasteiger partial charge in [0.1, 0.15) is 12.7 Å². The normalized spacial score (nSPS) is 21.8. The van der Waals surface area contributed by atoms with E-state index in [0.717, 1.165) is 19.4 Å². The summed E-state index contributed by atoms with van der Waals surface area (Å²) in [5, 5.41) is 0. The summed E-state index contributed by atoms with van der Waals surface area (Å²) in [6, 6.07) is 0. The van der Waals surface area contributed by atoms with E-state index < -0.39 is 0 Å². The van der Waals surface area contributed by atoms with E-state index in [1.165, 1.54) is 0 Å². The number of cyclic esters (lactones) is 1. The number of unbranched alkanes of at least 4 members (excludes halogenated alkanes) is 1. The Morgan fingerprint density at radius 1 is 1.75 bits per heavy atom. The number of ether oxygens (including phenoxy) is 1.